The van der Waals surface area contributed by atoms with E-state index in [1.165, 1.54) is 0 Å². The van der Waals surface area contributed by atoms with Crippen LogP contribution < -0.4 is 30.6 Å². The maximum absolute atomic E-state index is 9.28. The van der Waals surface area contributed by atoms with Gasteiger partial charge in [-0.15, -0.1) is 0 Å². The molecule has 0 N–H and O–H groups in total. The molecule has 0 amide bonds. The molecule has 12 nitrogen and oxygen atoms in total. The van der Waals surface area contributed by atoms with Gasteiger partial charge in [0.05, 0.1) is 0 Å². The van der Waals surface area contributed by atoms with E-state index in [1.807, 2.05) is 0 Å². The van der Waals surface area contributed by atoms with Crippen LogP contribution in [0.15, 0.2) is 0 Å². The summed E-state index contributed by atoms with van der Waals surface area (Å²) < 4.78 is 0. The van der Waals surface area contributed by atoms with E-state index in [9.17, 15) is 59.4 Å². The van der Waals surface area contributed by atoms with Gasteiger partial charge in [-0.05, 0) is 0 Å². The Labute approximate surface area is 149 Å². The molecule has 14 heteroatoms. The van der Waals surface area contributed by atoms with Crippen LogP contribution in [0.5, 0.6) is 0 Å². The van der Waals surface area contributed by atoms with Gasteiger partial charge in [-0.1, -0.05) is 0 Å². The van der Waals surface area contributed by atoms with Crippen molar-refractivity contribution in [2.24, 2.45) is 0 Å². The van der Waals surface area contributed by atoms with E-state index in [0.29, 0.717) is 0 Å². The molecule has 120 valence electrons. The van der Waals surface area contributed by atoms with Crippen molar-refractivity contribution < 1.29 is 59.4 Å². The predicted molar refractivity (Wildman–Crippen MR) is 55.4 cm³/mol. The first-order valence-electron chi connectivity index (χ1n) is 4.57. The molecule has 0 aliphatic heterocycles. The summed E-state index contributed by atoms with van der Waals surface area (Å²) in [7, 11) is 0. The van der Waals surface area contributed by atoms with E-state index in [2.05, 4.69) is 0 Å². The summed E-state index contributed by atoms with van der Waals surface area (Å²) >= 11 is 0. The molecule has 0 fully saturated rings. The Hall–Kier alpha value is -2.12. The second kappa shape index (κ2) is 19.9. The molecule has 0 saturated carbocycles. The molecule has 23 heavy (non-hydrogen) atoms. The Balaban J connectivity index is -0.0000000675. The zero-order valence-corrected chi connectivity index (χ0v) is 13.5. The molecule has 0 heterocycles. The van der Waals surface area contributed by atoms with Crippen molar-refractivity contribution in [1.82, 2.24) is 0 Å². The molecule has 0 radical (unpaired) electrons. The molecule has 0 aromatic carbocycles. The molecular formula is C9H6Al2O12. The van der Waals surface area contributed by atoms with Crippen LogP contribution in [0.3, 0.4) is 0 Å². The van der Waals surface area contributed by atoms with Crippen LogP contribution in [0, 0.1) is 0 Å². The van der Waals surface area contributed by atoms with Crippen LogP contribution >= 0.6 is 0 Å². The largest absolute Gasteiger partial charge is 3.00 e. The van der Waals surface area contributed by atoms with Crippen molar-refractivity contribution in [2.45, 2.75) is 19.3 Å². The van der Waals surface area contributed by atoms with Crippen LogP contribution in [0.4, 0.5) is 0 Å². The second-order valence-corrected chi connectivity index (χ2v) is 2.76. The van der Waals surface area contributed by atoms with Crippen molar-refractivity contribution in [3.63, 3.8) is 0 Å². The third-order valence-electron chi connectivity index (χ3n) is 0.866. The maximum Gasteiger partial charge on any atom is 3.00 e. The van der Waals surface area contributed by atoms with Gasteiger partial charge in [0, 0.05) is 55.1 Å². The van der Waals surface area contributed by atoms with Crippen LogP contribution in [0.2, 0.25) is 0 Å². The van der Waals surface area contributed by atoms with Crippen LogP contribution in [0.25, 0.3) is 0 Å². The quantitative estimate of drug-likeness (QED) is 0.316. The van der Waals surface area contributed by atoms with Gasteiger partial charge < -0.3 is 59.4 Å². The molecule has 0 saturated heterocycles. The first-order chi connectivity index (χ1) is 9.38. The number of hydrogen-bond donors (Lipinski definition) is 0. The fourth-order valence-corrected chi connectivity index (χ4v) is 0.354. The standard InChI is InChI=1S/3C3H4O4.2Al/c3*4-2(5)1-3(6)7;;/h3*1H2,(H,4,5)(H,6,7);;/q;;;2*+3/p-6. The predicted octanol–water partition coefficient (Wildman–Crippen LogP) is -10.1. The Bertz CT molecular complexity index is 321. The minimum atomic E-state index is -1.63. The molecule has 0 rings (SSSR count). The van der Waals surface area contributed by atoms with Gasteiger partial charge in [0.25, 0.3) is 0 Å². The zero-order chi connectivity index (χ0) is 17.6. The van der Waals surface area contributed by atoms with E-state index in [-0.39, 0.29) is 34.7 Å². The Kier molecular flexibility index (Phi) is 28.3. The van der Waals surface area contributed by atoms with Gasteiger partial charge in [-0.25, -0.2) is 0 Å². The number of rotatable bonds is 6. The normalized spacial score (nSPS) is 7.30. The summed E-state index contributed by atoms with van der Waals surface area (Å²) in [5, 5.41) is 55.7. The summed E-state index contributed by atoms with van der Waals surface area (Å²) in [4.78, 5) is 55.7. The van der Waals surface area contributed by atoms with Crippen molar-refractivity contribution in [3.8, 4) is 0 Å². The molecule has 0 aliphatic rings. The van der Waals surface area contributed by atoms with Crippen molar-refractivity contribution in [2.75, 3.05) is 0 Å². The van der Waals surface area contributed by atoms with Gasteiger partial charge >= 0.3 is 34.7 Å². The fraction of sp³-hybridized carbons (Fsp3) is 0.333. The molecule has 0 aliphatic carbocycles. The van der Waals surface area contributed by atoms with Crippen LogP contribution in [0.1, 0.15) is 19.3 Å². The monoisotopic (exact) mass is 360 g/mol. The SMILES string of the molecule is O=C([O-])CC(=O)[O-].O=C([O-])CC(=O)[O-].O=C([O-])CC(=O)[O-].[Al+3].[Al+3]. The van der Waals surface area contributed by atoms with E-state index < -0.39 is 55.1 Å². The van der Waals surface area contributed by atoms with E-state index in [1.54, 1.807) is 0 Å². The first-order valence-corrected chi connectivity index (χ1v) is 4.57. The molecule has 0 unspecified atom stereocenters. The average Bonchev–Trinajstić information content (AvgIpc) is 2.10. The van der Waals surface area contributed by atoms with Crippen LogP contribution in [-0.4, -0.2) is 70.5 Å². The third-order valence-corrected chi connectivity index (χ3v) is 0.866. The number of aliphatic carboxylic acids is 6. The van der Waals surface area contributed by atoms with Gasteiger partial charge in [0.2, 0.25) is 0 Å². The molecule has 0 atom stereocenters. The number of carboxylic acid groups (broad SMARTS) is 6. The van der Waals surface area contributed by atoms with Crippen LogP contribution in [-0.2, 0) is 28.8 Å². The van der Waals surface area contributed by atoms with Gasteiger partial charge in [0.15, 0.2) is 0 Å². The minimum Gasteiger partial charge on any atom is -0.550 e. The number of hydrogen-bond acceptors (Lipinski definition) is 12. The summed E-state index contributed by atoms with van der Waals surface area (Å²) in [5.74, 6) is -9.75. The summed E-state index contributed by atoms with van der Waals surface area (Å²) in [6.07, 6.45) is -3.08. The average molecular weight is 360 g/mol. The maximum atomic E-state index is 9.28. The van der Waals surface area contributed by atoms with Crippen molar-refractivity contribution >= 4 is 70.5 Å². The molecule has 0 aromatic rings. The van der Waals surface area contributed by atoms with E-state index in [0.717, 1.165) is 0 Å². The second-order valence-electron chi connectivity index (χ2n) is 2.76. The van der Waals surface area contributed by atoms with E-state index >= 15 is 0 Å². The number of carbonyl (C=O) groups is 6. The first kappa shape index (κ1) is 32.7. The Morgan fingerprint density at radius 2 is 0.478 bits per heavy atom. The minimum absolute atomic E-state index is 0. The zero-order valence-electron chi connectivity index (χ0n) is 11.2. The van der Waals surface area contributed by atoms with Gasteiger partial charge in [0.1, 0.15) is 0 Å². The Morgan fingerprint density at radius 1 is 0.391 bits per heavy atom. The summed E-state index contributed by atoms with van der Waals surface area (Å²) in [6, 6.07) is 0. The number of carboxylic acids is 6. The smallest absolute Gasteiger partial charge is 0.550 e. The van der Waals surface area contributed by atoms with Crippen molar-refractivity contribution in [3.05, 3.63) is 0 Å². The van der Waals surface area contributed by atoms with Gasteiger partial charge in [-0.3, -0.25) is 0 Å². The van der Waals surface area contributed by atoms with E-state index in [4.69, 9.17) is 0 Å². The van der Waals surface area contributed by atoms with Gasteiger partial charge in [-0.2, -0.15) is 0 Å². The summed E-state index contributed by atoms with van der Waals surface area (Å²) in [5.41, 5.74) is 0. The molecule has 0 bridgehead atoms. The third kappa shape index (κ3) is 65.1. The Morgan fingerprint density at radius 3 is 0.478 bits per heavy atom. The number of carbonyl (C=O) groups excluding carboxylic acids is 6. The molecule has 0 aromatic heterocycles. The molecular weight excluding hydrogens is 354 g/mol. The van der Waals surface area contributed by atoms with Crippen molar-refractivity contribution in [1.29, 1.82) is 0 Å². The fourth-order valence-electron chi connectivity index (χ4n) is 0.354. The topological polar surface area (TPSA) is 241 Å². The molecule has 0 spiro atoms. The summed E-state index contributed by atoms with van der Waals surface area (Å²) in [6.45, 7) is 0.